The largest absolute Gasteiger partial charge is 0.364 e. The van der Waals surface area contributed by atoms with E-state index in [1.54, 1.807) is 47.8 Å². The average molecular weight is 450 g/mol. The summed E-state index contributed by atoms with van der Waals surface area (Å²) in [6, 6.07) is 9.79. The number of rotatable bonds is 0. The molecule has 4 aliphatic rings. The maximum Gasteiger partial charge on any atom is 0.174 e. The SMILES string of the molecule is CN1C(C#N)=C(C#N)N(C)C2C1C1=NC(C#N)=C(C#N)NC1C1C2N(C)C(C#N)=C(C#N)N1C. The molecule has 12 nitrogen and oxygen atoms in total. The number of nitrogens with one attached hydrogen (secondary N) is 1. The maximum absolute atomic E-state index is 9.86. The first-order valence-electron chi connectivity index (χ1n) is 10.2. The van der Waals surface area contributed by atoms with Crippen molar-refractivity contribution in [3.8, 4) is 36.4 Å². The molecule has 0 saturated heterocycles. The summed E-state index contributed by atoms with van der Waals surface area (Å²) in [5.41, 5.74) is 1.12. The molecule has 1 saturated carbocycles. The van der Waals surface area contributed by atoms with Gasteiger partial charge in [0.2, 0.25) is 0 Å². The Morgan fingerprint density at radius 1 is 0.618 bits per heavy atom. The fraction of sp³-hybridized carbons (Fsp3) is 0.409. The Hall–Kier alpha value is -5.17. The van der Waals surface area contributed by atoms with Crippen molar-refractivity contribution in [2.75, 3.05) is 28.2 Å². The number of fused-ring (bicyclic) bond motifs is 6. The molecule has 0 aromatic rings. The molecule has 12 heteroatoms. The van der Waals surface area contributed by atoms with Gasteiger partial charge in [-0.15, -0.1) is 0 Å². The molecule has 5 unspecified atom stereocenters. The van der Waals surface area contributed by atoms with E-state index >= 15 is 0 Å². The van der Waals surface area contributed by atoms with Crippen molar-refractivity contribution in [2.45, 2.75) is 30.2 Å². The minimum Gasteiger partial charge on any atom is -0.364 e. The van der Waals surface area contributed by atoms with E-state index < -0.39 is 30.2 Å². The van der Waals surface area contributed by atoms with E-state index in [1.165, 1.54) is 0 Å². The first kappa shape index (κ1) is 22.0. The topological polar surface area (TPSA) is 180 Å². The van der Waals surface area contributed by atoms with E-state index in [0.717, 1.165) is 0 Å². The highest BCUT2D eigenvalue weighted by molar-refractivity contribution is 6.00. The molecule has 0 aromatic carbocycles. The van der Waals surface area contributed by atoms with Crippen molar-refractivity contribution in [3.05, 3.63) is 34.2 Å². The molecule has 166 valence electrons. The van der Waals surface area contributed by atoms with Crippen molar-refractivity contribution < 1.29 is 0 Å². The number of nitriles is 6. The molecule has 0 spiro atoms. The third kappa shape index (κ3) is 2.61. The molecule has 0 radical (unpaired) electrons. The lowest BCUT2D eigenvalue weighted by atomic mass is 9.71. The molecular weight excluding hydrogens is 432 g/mol. The lowest BCUT2D eigenvalue weighted by molar-refractivity contribution is 0.0146. The maximum atomic E-state index is 9.86. The summed E-state index contributed by atoms with van der Waals surface area (Å²) in [5, 5.41) is 61.7. The fourth-order valence-corrected chi connectivity index (χ4v) is 5.55. The second kappa shape index (κ2) is 7.75. The number of hydrogen-bond donors (Lipinski definition) is 1. The summed E-state index contributed by atoms with van der Waals surface area (Å²) in [7, 11) is 6.81. The molecule has 0 aromatic heterocycles. The van der Waals surface area contributed by atoms with E-state index in [9.17, 15) is 31.6 Å². The van der Waals surface area contributed by atoms with Gasteiger partial charge in [0.15, 0.2) is 34.2 Å². The van der Waals surface area contributed by atoms with Gasteiger partial charge in [-0.05, 0) is 0 Å². The van der Waals surface area contributed by atoms with Gasteiger partial charge >= 0.3 is 0 Å². The molecule has 1 N–H and O–H groups in total. The van der Waals surface area contributed by atoms with E-state index in [2.05, 4.69) is 34.6 Å². The zero-order valence-corrected chi connectivity index (χ0v) is 18.8. The van der Waals surface area contributed by atoms with Gasteiger partial charge in [-0.1, -0.05) is 0 Å². The summed E-state index contributed by atoms with van der Waals surface area (Å²) in [5.74, 6) is 0. The van der Waals surface area contributed by atoms with Crippen LogP contribution in [0.5, 0.6) is 0 Å². The van der Waals surface area contributed by atoms with Gasteiger partial charge in [0.05, 0.1) is 35.9 Å². The molecule has 1 aliphatic carbocycles. The highest BCUT2D eigenvalue weighted by atomic mass is 15.4. The van der Waals surface area contributed by atoms with Crippen LogP contribution < -0.4 is 5.32 Å². The van der Waals surface area contributed by atoms with Crippen LogP contribution in [-0.4, -0.2) is 83.7 Å². The van der Waals surface area contributed by atoms with Crippen LogP contribution in [0.2, 0.25) is 0 Å². The van der Waals surface area contributed by atoms with Gasteiger partial charge in [-0.2, -0.15) is 31.6 Å². The van der Waals surface area contributed by atoms with Gasteiger partial charge in [-0.3, -0.25) is 0 Å². The van der Waals surface area contributed by atoms with Crippen LogP contribution in [0, 0.1) is 68.0 Å². The average Bonchev–Trinajstić information content (AvgIpc) is 2.85. The van der Waals surface area contributed by atoms with Gasteiger partial charge in [0, 0.05) is 28.2 Å². The fourth-order valence-electron chi connectivity index (χ4n) is 5.55. The van der Waals surface area contributed by atoms with Crippen molar-refractivity contribution >= 4 is 5.71 Å². The molecule has 4 rings (SSSR count). The summed E-state index contributed by atoms with van der Waals surface area (Å²) in [6.07, 6.45) is 0. The van der Waals surface area contributed by atoms with Crippen LogP contribution in [0.4, 0.5) is 0 Å². The number of likely N-dealkylation sites (N-methyl/N-ethyl adjacent to an activating group) is 4. The van der Waals surface area contributed by atoms with Crippen LogP contribution in [0.25, 0.3) is 0 Å². The quantitative estimate of drug-likeness (QED) is 0.498. The summed E-state index contributed by atoms with van der Waals surface area (Å²) in [6.45, 7) is 0. The van der Waals surface area contributed by atoms with Crippen LogP contribution in [-0.2, 0) is 0 Å². The van der Waals surface area contributed by atoms with Gasteiger partial charge < -0.3 is 24.9 Å². The van der Waals surface area contributed by atoms with Crippen LogP contribution in [0.1, 0.15) is 0 Å². The highest BCUT2D eigenvalue weighted by Crippen LogP contribution is 2.42. The molecular formula is C22H18N12. The predicted molar refractivity (Wildman–Crippen MR) is 115 cm³/mol. The predicted octanol–water partition coefficient (Wildman–Crippen LogP) is -0.582. The Morgan fingerprint density at radius 2 is 1.09 bits per heavy atom. The summed E-state index contributed by atoms with van der Waals surface area (Å²) in [4.78, 5) is 11.4. The minimum absolute atomic E-state index is 0.0126. The zero-order valence-electron chi connectivity index (χ0n) is 18.8. The van der Waals surface area contributed by atoms with E-state index in [0.29, 0.717) is 5.71 Å². The zero-order chi connectivity index (χ0) is 24.9. The third-order valence-corrected chi connectivity index (χ3v) is 7.02. The Kier molecular flexibility index (Phi) is 5.03. The lowest BCUT2D eigenvalue weighted by Gasteiger charge is -2.61. The van der Waals surface area contributed by atoms with Crippen LogP contribution >= 0.6 is 0 Å². The first-order valence-corrected chi connectivity index (χ1v) is 10.2. The lowest BCUT2D eigenvalue weighted by Crippen LogP contribution is -2.79. The number of aliphatic imine (C=N–C) groups is 1. The third-order valence-electron chi connectivity index (χ3n) is 7.02. The molecule has 0 amide bonds. The van der Waals surface area contributed by atoms with Gasteiger partial charge in [0.25, 0.3) is 0 Å². The first-order chi connectivity index (χ1) is 16.3. The van der Waals surface area contributed by atoms with Crippen molar-refractivity contribution in [1.82, 2.24) is 24.9 Å². The normalized spacial score (nSPS) is 29.7. The van der Waals surface area contributed by atoms with Crippen LogP contribution in [0.15, 0.2) is 39.2 Å². The van der Waals surface area contributed by atoms with Gasteiger partial charge in [-0.25, -0.2) is 4.99 Å². The monoisotopic (exact) mass is 450 g/mol. The number of nitrogens with zero attached hydrogens (tertiary/aromatic N) is 11. The molecule has 1 fully saturated rings. The number of allylic oxidation sites excluding steroid dienone is 6. The Morgan fingerprint density at radius 3 is 1.56 bits per heavy atom. The second-order valence-corrected chi connectivity index (χ2v) is 8.31. The summed E-state index contributed by atoms with van der Waals surface area (Å²) >= 11 is 0. The Bertz CT molecular complexity index is 1350. The van der Waals surface area contributed by atoms with Gasteiger partial charge in [0.1, 0.15) is 36.4 Å². The smallest absolute Gasteiger partial charge is 0.174 e. The highest BCUT2D eigenvalue weighted by Gasteiger charge is 2.60. The molecule has 5 atom stereocenters. The van der Waals surface area contributed by atoms with E-state index in [4.69, 9.17) is 0 Å². The van der Waals surface area contributed by atoms with Crippen molar-refractivity contribution in [2.24, 2.45) is 4.99 Å². The van der Waals surface area contributed by atoms with Crippen LogP contribution in [0.3, 0.4) is 0 Å². The standard InChI is InChI=1S/C22H18N12/c1-31-13(7-25)15(9-27)33(3)21-19(31)17-18(30-12(6-24)11(5-23)29-17)20-22(21)34(4)16(10-28)14(8-26)32(20)2/h17,19-22,29H,1-4H3. The summed E-state index contributed by atoms with van der Waals surface area (Å²) < 4.78 is 0. The van der Waals surface area contributed by atoms with Crippen molar-refractivity contribution in [3.63, 3.8) is 0 Å². The molecule has 34 heavy (non-hydrogen) atoms. The second-order valence-electron chi connectivity index (χ2n) is 8.31. The van der Waals surface area contributed by atoms with E-state index in [1.807, 2.05) is 12.1 Å². The molecule has 3 heterocycles. The molecule has 0 bridgehead atoms. The Balaban J connectivity index is 2.05. The Labute approximate surface area is 196 Å². The minimum atomic E-state index is -0.603. The number of hydrogen-bond acceptors (Lipinski definition) is 12. The van der Waals surface area contributed by atoms with Crippen molar-refractivity contribution in [1.29, 1.82) is 31.6 Å². The van der Waals surface area contributed by atoms with E-state index in [-0.39, 0.29) is 34.2 Å². The molecule has 3 aliphatic heterocycles.